The number of nitrogens with one attached hydrogen (secondary N) is 3. The molecule has 1 aromatic heterocycles. The maximum atomic E-state index is 12.7. The zero-order valence-electron chi connectivity index (χ0n) is 21.3. The van der Waals surface area contributed by atoms with E-state index in [1.54, 1.807) is 48.5 Å². The standard InChI is InChI=1S/C27H30ClN5O5/c1-18-15-23(25(17-22(18)28)37-14-11-33-9-12-36-13-10-33)32-27(35)31-19-3-5-20(6-4-19)38-21-7-8-30-24(16-21)26(34)29-2/h3-8,15-17H,9-14H2,1-2H3,(H,29,34)(H2,31,32,35). The molecule has 0 radical (unpaired) electrons. The number of carbonyl (C=O) groups excluding carboxylic acids is 2. The van der Waals surface area contributed by atoms with E-state index in [4.69, 9.17) is 25.8 Å². The van der Waals surface area contributed by atoms with Crippen LogP contribution in [0.4, 0.5) is 16.2 Å². The normalized spacial score (nSPS) is 13.4. The molecule has 10 nitrogen and oxygen atoms in total. The van der Waals surface area contributed by atoms with E-state index in [2.05, 4.69) is 25.8 Å². The molecule has 3 amide bonds. The minimum absolute atomic E-state index is 0.252. The second kappa shape index (κ2) is 13.1. The van der Waals surface area contributed by atoms with Crippen LogP contribution in [0, 0.1) is 6.92 Å². The van der Waals surface area contributed by atoms with E-state index in [9.17, 15) is 9.59 Å². The maximum absolute atomic E-state index is 12.7. The van der Waals surface area contributed by atoms with Gasteiger partial charge in [0.05, 0.1) is 18.9 Å². The number of benzene rings is 2. The highest BCUT2D eigenvalue weighted by Gasteiger charge is 2.14. The minimum atomic E-state index is -0.428. The number of halogens is 1. The Balaban J connectivity index is 1.34. The van der Waals surface area contributed by atoms with E-state index >= 15 is 0 Å². The van der Waals surface area contributed by atoms with Crippen molar-refractivity contribution in [3.8, 4) is 17.2 Å². The molecule has 11 heteroatoms. The highest BCUT2D eigenvalue weighted by Crippen LogP contribution is 2.31. The van der Waals surface area contributed by atoms with Crippen LogP contribution in [0.3, 0.4) is 0 Å². The Morgan fingerprint density at radius 2 is 1.82 bits per heavy atom. The van der Waals surface area contributed by atoms with E-state index in [-0.39, 0.29) is 11.6 Å². The molecule has 2 aromatic carbocycles. The van der Waals surface area contributed by atoms with Gasteiger partial charge in [0.15, 0.2) is 0 Å². The van der Waals surface area contributed by atoms with Gasteiger partial charge in [-0.1, -0.05) is 11.6 Å². The van der Waals surface area contributed by atoms with Crippen molar-refractivity contribution in [3.63, 3.8) is 0 Å². The second-order valence-corrected chi connectivity index (χ2v) is 8.97. The quantitative estimate of drug-likeness (QED) is 0.365. The summed E-state index contributed by atoms with van der Waals surface area (Å²) in [6.07, 6.45) is 1.50. The summed E-state index contributed by atoms with van der Waals surface area (Å²) in [6.45, 7) is 6.25. The number of aromatic nitrogens is 1. The number of carbonyl (C=O) groups is 2. The van der Waals surface area contributed by atoms with Crippen LogP contribution in [0.15, 0.2) is 54.7 Å². The lowest BCUT2D eigenvalue weighted by Crippen LogP contribution is -2.38. The Morgan fingerprint density at radius 3 is 2.55 bits per heavy atom. The van der Waals surface area contributed by atoms with Crippen LogP contribution in [-0.2, 0) is 4.74 Å². The fourth-order valence-electron chi connectivity index (χ4n) is 3.74. The Morgan fingerprint density at radius 1 is 1.05 bits per heavy atom. The average molecular weight is 540 g/mol. The molecular formula is C27H30ClN5O5. The minimum Gasteiger partial charge on any atom is -0.490 e. The Kier molecular flexibility index (Phi) is 9.36. The van der Waals surface area contributed by atoms with Crippen LogP contribution >= 0.6 is 11.6 Å². The first-order valence-electron chi connectivity index (χ1n) is 12.2. The van der Waals surface area contributed by atoms with Crippen molar-refractivity contribution < 1.29 is 23.8 Å². The molecule has 0 saturated carbocycles. The molecule has 0 bridgehead atoms. The van der Waals surface area contributed by atoms with E-state index in [0.717, 1.165) is 38.4 Å². The number of ether oxygens (including phenoxy) is 3. The van der Waals surface area contributed by atoms with E-state index < -0.39 is 6.03 Å². The van der Waals surface area contributed by atoms with Crippen molar-refractivity contribution in [3.05, 3.63) is 71.0 Å². The third-order valence-corrected chi connectivity index (χ3v) is 6.22. The van der Waals surface area contributed by atoms with E-state index in [0.29, 0.717) is 40.3 Å². The first-order chi connectivity index (χ1) is 18.4. The molecule has 0 spiro atoms. The summed E-state index contributed by atoms with van der Waals surface area (Å²) in [5, 5.41) is 8.74. The molecule has 4 rings (SSSR count). The molecule has 38 heavy (non-hydrogen) atoms. The number of rotatable bonds is 9. The van der Waals surface area contributed by atoms with Gasteiger partial charge in [0.1, 0.15) is 29.5 Å². The van der Waals surface area contributed by atoms with Gasteiger partial charge in [-0.05, 0) is 48.9 Å². The lowest BCUT2D eigenvalue weighted by atomic mass is 10.2. The summed E-state index contributed by atoms with van der Waals surface area (Å²) in [7, 11) is 1.54. The predicted molar refractivity (Wildman–Crippen MR) is 146 cm³/mol. The van der Waals surface area contributed by atoms with Crippen LogP contribution in [0.2, 0.25) is 5.02 Å². The molecule has 1 saturated heterocycles. The molecule has 2 heterocycles. The predicted octanol–water partition coefficient (Wildman–Crippen LogP) is 4.55. The molecule has 0 aliphatic carbocycles. The number of pyridine rings is 1. The average Bonchev–Trinajstić information content (AvgIpc) is 2.92. The number of amides is 3. The van der Waals surface area contributed by atoms with E-state index in [1.165, 1.54) is 13.2 Å². The van der Waals surface area contributed by atoms with Crippen LogP contribution in [-0.4, -0.2) is 68.3 Å². The smallest absolute Gasteiger partial charge is 0.323 e. The van der Waals surface area contributed by atoms with Gasteiger partial charge < -0.3 is 30.2 Å². The summed E-state index contributed by atoms with van der Waals surface area (Å²) >= 11 is 6.31. The van der Waals surface area contributed by atoms with Gasteiger partial charge in [-0.3, -0.25) is 14.7 Å². The number of aryl methyl sites for hydroxylation is 1. The fourth-order valence-corrected chi connectivity index (χ4v) is 3.90. The fraction of sp³-hybridized carbons (Fsp3) is 0.296. The SMILES string of the molecule is CNC(=O)c1cc(Oc2ccc(NC(=O)Nc3cc(C)c(Cl)cc3OCCN3CCOCC3)cc2)ccn1. The van der Waals surface area contributed by atoms with Crippen LogP contribution in [0.1, 0.15) is 16.1 Å². The zero-order chi connectivity index (χ0) is 26.9. The molecule has 3 aromatic rings. The lowest BCUT2D eigenvalue weighted by Gasteiger charge is -2.26. The molecule has 3 N–H and O–H groups in total. The number of hydrogen-bond donors (Lipinski definition) is 3. The van der Waals surface area contributed by atoms with Gasteiger partial charge in [0.2, 0.25) is 0 Å². The number of hydrogen-bond acceptors (Lipinski definition) is 7. The van der Waals surface area contributed by atoms with Crippen molar-refractivity contribution in [1.29, 1.82) is 0 Å². The van der Waals surface area contributed by atoms with Crippen molar-refractivity contribution >= 4 is 34.9 Å². The Bertz CT molecular complexity index is 1270. The summed E-state index contributed by atoms with van der Waals surface area (Å²) in [6, 6.07) is 13.1. The molecule has 200 valence electrons. The monoisotopic (exact) mass is 539 g/mol. The maximum Gasteiger partial charge on any atom is 0.323 e. The summed E-state index contributed by atoms with van der Waals surface area (Å²) in [4.78, 5) is 30.8. The summed E-state index contributed by atoms with van der Waals surface area (Å²) in [5.74, 6) is 1.20. The Labute approximate surface area is 226 Å². The van der Waals surface area contributed by atoms with Gasteiger partial charge in [-0.15, -0.1) is 0 Å². The number of morpholine rings is 1. The molecule has 0 unspecified atom stereocenters. The second-order valence-electron chi connectivity index (χ2n) is 8.56. The number of urea groups is 1. The number of nitrogens with zero attached hydrogens (tertiary/aromatic N) is 2. The molecule has 1 aliphatic rings. The van der Waals surface area contributed by atoms with Crippen molar-refractivity contribution in [1.82, 2.24) is 15.2 Å². The first kappa shape index (κ1) is 27.2. The van der Waals surface area contributed by atoms with Gasteiger partial charge in [-0.25, -0.2) is 4.79 Å². The van der Waals surface area contributed by atoms with Crippen molar-refractivity contribution in [2.45, 2.75) is 6.92 Å². The molecular weight excluding hydrogens is 510 g/mol. The van der Waals surface area contributed by atoms with Gasteiger partial charge >= 0.3 is 6.03 Å². The van der Waals surface area contributed by atoms with Gasteiger partial charge in [-0.2, -0.15) is 0 Å². The molecule has 0 atom stereocenters. The van der Waals surface area contributed by atoms with Crippen molar-refractivity contribution in [2.75, 3.05) is 57.1 Å². The third-order valence-electron chi connectivity index (χ3n) is 5.82. The molecule has 1 fully saturated rings. The van der Waals surface area contributed by atoms with Crippen LogP contribution in [0.25, 0.3) is 0 Å². The van der Waals surface area contributed by atoms with Crippen LogP contribution < -0.4 is 25.4 Å². The topological polar surface area (TPSA) is 114 Å². The van der Waals surface area contributed by atoms with Gasteiger partial charge in [0, 0.05) is 55.7 Å². The highest BCUT2D eigenvalue weighted by molar-refractivity contribution is 6.31. The first-order valence-corrected chi connectivity index (χ1v) is 12.6. The largest absolute Gasteiger partial charge is 0.490 e. The van der Waals surface area contributed by atoms with Crippen LogP contribution in [0.5, 0.6) is 17.2 Å². The van der Waals surface area contributed by atoms with Gasteiger partial charge in [0.25, 0.3) is 5.91 Å². The summed E-state index contributed by atoms with van der Waals surface area (Å²) < 4.78 is 17.2. The lowest BCUT2D eigenvalue weighted by molar-refractivity contribution is 0.0323. The molecule has 1 aliphatic heterocycles. The third kappa shape index (κ3) is 7.58. The Hall–Kier alpha value is -3.86. The van der Waals surface area contributed by atoms with Crippen molar-refractivity contribution in [2.24, 2.45) is 0 Å². The summed E-state index contributed by atoms with van der Waals surface area (Å²) in [5.41, 5.74) is 2.16. The zero-order valence-corrected chi connectivity index (χ0v) is 22.0. The van der Waals surface area contributed by atoms with E-state index in [1.807, 2.05) is 6.92 Å². The number of anilines is 2. The highest BCUT2D eigenvalue weighted by atomic mass is 35.5.